The van der Waals surface area contributed by atoms with Crippen molar-refractivity contribution in [2.75, 3.05) is 6.67 Å². The summed E-state index contributed by atoms with van der Waals surface area (Å²) < 4.78 is 16.6. The van der Waals surface area contributed by atoms with E-state index in [1.807, 2.05) is 0 Å². The molecular weight excluding hydrogens is 205 g/mol. The number of nitrogens with two attached hydrogens (primary N) is 1. The van der Waals surface area contributed by atoms with Gasteiger partial charge in [0.1, 0.15) is 25.0 Å². The average Bonchev–Trinajstić information content (AvgIpc) is 2.08. The molecule has 5 atom stereocenters. The summed E-state index contributed by atoms with van der Waals surface area (Å²) >= 11 is 0. The van der Waals surface area contributed by atoms with Crippen LogP contribution in [0.3, 0.4) is 0 Å². The third-order valence-electron chi connectivity index (χ3n) is 1.92. The van der Waals surface area contributed by atoms with E-state index in [1.165, 1.54) is 0 Å². The molecule has 5 nitrogen and oxygen atoms in total. The number of aliphatic hydroxyl groups excluding tert-OH is 3. The van der Waals surface area contributed by atoms with Gasteiger partial charge >= 0.3 is 0 Å². The Morgan fingerprint density at radius 3 is 2.23 bits per heavy atom. The molecule has 1 aliphatic rings. The Bertz CT molecular complexity index is 159. The van der Waals surface area contributed by atoms with Gasteiger partial charge in [0.05, 0.1) is 6.04 Å². The number of halogens is 2. The van der Waals surface area contributed by atoms with Crippen LogP contribution < -0.4 is 5.73 Å². The Labute approximate surface area is 80.7 Å². The summed E-state index contributed by atoms with van der Waals surface area (Å²) in [6.07, 6.45) is -5.36. The fourth-order valence-corrected chi connectivity index (χ4v) is 1.09. The molecule has 0 aromatic rings. The molecule has 7 heteroatoms. The van der Waals surface area contributed by atoms with Gasteiger partial charge in [0.2, 0.25) is 0 Å². The maximum Gasteiger partial charge on any atom is 0.173 e. The topological polar surface area (TPSA) is 95.9 Å². The first-order valence-electron chi connectivity index (χ1n) is 3.59. The molecule has 1 heterocycles. The lowest BCUT2D eigenvalue weighted by molar-refractivity contribution is -0.244. The summed E-state index contributed by atoms with van der Waals surface area (Å²) in [6.45, 7) is -0.970. The zero-order valence-electron chi connectivity index (χ0n) is 6.71. The molecule has 0 aliphatic carbocycles. The van der Waals surface area contributed by atoms with E-state index < -0.39 is 37.3 Å². The summed E-state index contributed by atoms with van der Waals surface area (Å²) in [6, 6.07) is -1.09. The molecule has 0 bridgehead atoms. The summed E-state index contributed by atoms with van der Waals surface area (Å²) in [5, 5.41) is 27.2. The van der Waals surface area contributed by atoms with Gasteiger partial charge in [0.15, 0.2) is 6.29 Å². The molecule has 0 aromatic heterocycles. The van der Waals surface area contributed by atoms with Crippen LogP contribution in [0.4, 0.5) is 4.39 Å². The van der Waals surface area contributed by atoms with Crippen LogP contribution in [0.15, 0.2) is 0 Å². The highest BCUT2D eigenvalue weighted by atomic mass is 35.5. The van der Waals surface area contributed by atoms with E-state index in [9.17, 15) is 4.39 Å². The molecule has 2 unspecified atom stereocenters. The predicted molar refractivity (Wildman–Crippen MR) is 44.1 cm³/mol. The number of hydrogen-bond donors (Lipinski definition) is 4. The van der Waals surface area contributed by atoms with Gasteiger partial charge < -0.3 is 25.8 Å². The second kappa shape index (κ2) is 5.04. The minimum absolute atomic E-state index is 0. The van der Waals surface area contributed by atoms with E-state index in [0.717, 1.165) is 0 Å². The third-order valence-corrected chi connectivity index (χ3v) is 1.92. The summed E-state index contributed by atoms with van der Waals surface area (Å²) in [4.78, 5) is 0. The van der Waals surface area contributed by atoms with Crippen molar-refractivity contribution >= 4 is 12.4 Å². The SMILES string of the molecule is Cl.N[C@@H]1C(O)[C@@H](O)C(CF)O[C@@H]1O. The van der Waals surface area contributed by atoms with Crippen molar-refractivity contribution in [1.82, 2.24) is 0 Å². The van der Waals surface area contributed by atoms with Crippen LogP contribution in [0.25, 0.3) is 0 Å². The zero-order valence-corrected chi connectivity index (χ0v) is 7.52. The van der Waals surface area contributed by atoms with Gasteiger partial charge in [-0.1, -0.05) is 0 Å². The fourth-order valence-electron chi connectivity index (χ4n) is 1.09. The van der Waals surface area contributed by atoms with Gasteiger partial charge in [-0.05, 0) is 0 Å². The number of hydrogen-bond acceptors (Lipinski definition) is 5. The van der Waals surface area contributed by atoms with E-state index in [0.29, 0.717) is 0 Å². The van der Waals surface area contributed by atoms with Crippen molar-refractivity contribution in [2.45, 2.75) is 30.6 Å². The Morgan fingerprint density at radius 1 is 1.23 bits per heavy atom. The standard InChI is InChI=1S/C6H12FNO4.ClH/c7-1-2-4(9)5(10)3(8)6(11)12-2;/h2-6,9-11H,1,8H2;1H/t2?,3-,4+,5?,6+;/m1./s1. The maximum atomic E-state index is 12.1. The van der Waals surface area contributed by atoms with Crippen molar-refractivity contribution in [1.29, 1.82) is 0 Å². The molecular formula is C6H13ClFNO4. The van der Waals surface area contributed by atoms with Gasteiger partial charge in [0, 0.05) is 0 Å². The lowest BCUT2D eigenvalue weighted by Gasteiger charge is -2.37. The van der Waals surface area contributed by atoms with E-state index >= 15 is 0 Å². The minimum atomic E-state index is -1.43. The molecule has 0 amide bonds. The zero-order chi connectivity index (χ0) is 9.30. The molecule has 0 aromatic carbocycles. The van der Waals surface area contributed by atoms with Crippen molar-refractivity contribution < 1.29 is 24.4 Å². The van der Waals surface area contributed by atoms with E-state index in [4.69, 9.17) is 21.1 Å². The van der Waals surface area contributed by atoms with Gasteiger partial charge in [0.25, 0.3) is 0 Å². The van der Waals surface area contributed by atoms with Gasteiger partial charge in [-0.25, -0.2) is 4.39 Å². The highest BCUT2D eigenvalue weighted by Gasteiger charge is 2.41. The van der Waals surface area contributed by atoms with Crippen LogP contribution in [0.5, 0.6) is 0 Å². The van der Waals surface area contributed by atoms with Crippen LogP contribution in [0.2, 0.25) is 0 Å². The predicted octanol–water partition coefficient (Wildman–Crippen LogP) is -1.86. The highest BCUT2D eigenvalue weighted by Crippen LogP contribution is 2.18. The van der Waals surface area contributed by atoms with Crippen molar-refractivity contribution in [3.63, 3.8) is 0 Å². The molecule has 0 saturated carbocycles. The molecule has 1 fully saturated rings. The molecule has 5 N–H and O–H groups in total. The lowest BCUT2D eigenvalue weighted by atomic mass is 9.98. The van der Waals surface area contributed by atoms with Crippen molar-refractivity contribution in [3.8, 4) is 0 Å². The molecule has 1 rings (SSSR count). The Balaban J connectivity index is 0.00000144. The molecule has 1 aliphatic heterocycles. The quantitative estimate of drug-likeness (QED) is 0.413. The third kappa shape index (κ3) is 2.49. The van der Waals surface area contributed by atoms with Crippen LogP contribution in [0, 0.1) is 0 Å². The van der Waals surface area contributed by atoms with E-state index in [1.54, 1.807) is 0 Å². The van der Waals surface area contributed by atoms with Gasteiger partial charge in [-0.3, -0.25) is 0 Å². The Hall–Kier alpha value is 0.0200. The lowest BCUT2D eigenvalue weighted by Crippen LogP contribution is -2.61. The minimum Gasteiger partial charge on any atom is -0.388 e. The van der Waals surface area contributed by atoms with Crippen LogP contribution >= 0.6 is 12.4 Å². The summed E-state index contributed by atoms with van der Waals surface area (Å²) in [7, 11) is 0. The number of alkyl halides is 1. The molecule has 80 valence electrons. The molecule has 0 spiro atoms. The second-order valence-electron chi connectivity index (χ2n) is 2.78. The maximum absolute atomic E-state index is 12.1. The number of rotatable bonds is 1. The summed E-state index contributed by atoms with van der Waals surface area (Å²) in [5.41, 5.74) is 5.22. The first kappa shape index (κ1) is 13.0. The number of ether oxygens (including phenoxy) is 1. The molecule has 0 radical (unpaired) electrons. The van der Waals surface area contributed by atoms with E-state index in [2.05, 4.69) is 4.74 Å². The normalized spacial score (nSPS) is 45.5. The highest BCUT2D eigenvalue weighted by molar-refractivity contribution is 5.85. The summed E-state index contributed by atoms with van der Waals surface area (Å²) in [5.74, 6) is 0. The molecule has 1 saturated heterocycles. The number of aliphatic hydroxyl groups is 3. The first-order valence-corrected chi connectivity index (χ1v) is 3.59. The fraction of sp³-hybridized carbons (Fsp3) is 1.00. The Morgan fingerprint density at radius 2 is 1.77 bits per heavy atom. The van der Waals surface area contributed by atoms with Gasteiger partial charge in [-0.2, -0.15) is 0 Å². The van der Waals surface area contributed by atoms with Crippen molar-refractivity contribution in [3.05, 3.63) is 0 Å². The average molecular weight is 218 g/mol. The van der Waals surface area contributed by atoms with Crippen LogP contribution in [0.1, 0.15) is 0 Å². The monoisotopic (exact) mass is 217 g/mol. The Kier molecular flexibility index (Phi) is 5.05. The van der Waals surface area contributed by atoms with Gasteiger partial charge in [-0.15, -0.1) is 12.4 Å². The first-order chi connectivity index (χ1) is 5.57. The smallest absolute Gasteiger partial charge is 0.173 e. The van der Waals surface area contributed by atoms with Crippen LogP contribution in [-0.4, -0.2) is 52.6 Å². The van der Waals surface area contributed by atoms with Crippen molar-refractivity contribution in [2.24, 2.45) is 5.73 Å². The van der Waals surface area contributed by atoms with E-state index in [-0.39, 0.29) is 12.4 Å². The molecule has 13 heavy (non-hydrogen) atoms. The largest absolute Gasteiger partial charge is 0.388 e. The second-order valence-corrected chi connectivity index (χ2v) is 2.78. The van der Waals surface area contributed by atoms with Crippen LogP contribution in [-0.2, 0) is 4.74 Å².